The summed E-state index contributed by atoms with van der Waals surface area (Å²) >= 11 is 1.86. The summed E-state index contributed by atoms with van der Waals surface area (Å²) in [4.78, 5) is 4.93. The van der Waals surface area contributed by atoms with Crippen molar-refractivity contribution in [2.75, 3.05) is 4.90 Å². The molecule has 7 aromatic rings. The number of fused-ring (bicyclic) bond motifs is 7. The highest BCUT2D eigenvalue weighted by molar-refractivity contribution is 8.00. The van der Waals surface area contributed by atoms with Gasteiger partial charge in [0.1, 0.15) is 19.2 Å². The molecule has 2 aliphatic rings. The average molecular weight is 606 g/mol. The van der Waals surface area contributed by atoms with Crippen LogP contribution < -0.4 is 24.7 Å². The van der Waals surface area contributed by atoms with Crippen LogP contribution in [-0.4, -0.2) is 8.07 Å². The molecule has 0 saturated carbocycles. The number of benzene rings is 6. The molecule has 6 aromatic carbocycles. The molecule has 2 aliphatic heterocycles. The quantitative estimate of drug-likeness (QED) is 0.187. The van der Waals surface area contributed by atoms with Crippen molar-refractivity contribution in [3.8, 4) is 23.0 Å². The van der Waals surface area contributed by atoms with E-state index in [1.165, 1.54) is 20.2 Å². The average Bonchev–Trinajstić information content (AvgIpc) is 3.42. The van der Waals surface area contributed by atoms with Crippen LogP contribution >= 0.6 is 11.8 Å². The Balaban J connectivity index is 1.30. The molecule has 3 heterocycles. The maximum absolute atomic E-state index is 6.62. The lowest BCUT2D eigenvalue weighted by molar-refractivity contribution is 0.360. The zero-order valence-electron chi connectivity index (χ0n) is 24.2. The molecule has 6 heteroatoms. The normalized spacial score (nSPS) is 14.1. The summed E-state index contributed by atoms with van der Waals surface area (Å²) in [5, 5.41) is 5.12. The lowest BCUT2D eigenvalue weighted by atomic mass is 10.1. The molecule has 0 radical (unpaired) electrons. The lowest BCUT2D eigenvalue weighted by Crippen LogP contribution is -2.56. The van der Waals surface area contributed by atoms with Crippen LogP contribution in [0.15, 0.2) is 142 Å². The van der Waals surface area contributed by atoms with Gasteiger partial charge in [0.2, 0.25) is 0 Å². The van der Waals surface area contributed by atoms with Gasteiger partial charge in [-0.05, 0) is 65.0 Å². The Bertz CT molecular complexity index is 2270. The van der Waals surface area contributed by atoms with E-state index in [4.69, 9.17) is 13.9 Å². The van der Waals surface area contributed by atoms with Crippen molar-refractivity contribution in [1.82, 2.24) is 0 Å². The van der Waals surface area contributed by atoms with Crippen LogP contribution in [0.5, 0.6) is 23.0 Å². The first-order valence-electron chi connectivity index (χ1n) is 14.8. The molecule has 0 amide bonds. The molecular formula is C38H27NO3SSi. The summed E-state index contributed by atoms with van der Waals surface area (Å²) in [6, 6.07) is 44.3. The van der Waals surface area contributed by atoms with Gasteiger partial charge in [0, 0.05) is 26.6 Å². The van der Waals surface area contributed by atoms with Gasteiger partial charge in [-0.15, -0.1) is 0 Å². The second-order valence-corrected chi connectivity index (χ2v) is 17.1. The van der Waals surface area contributed by atoms with Gasteiger partial charge < -0.3 is 18.8 Å². The number of para-hydroxylation sites is 4. The molecule has 1 aromatic heterocycles. The van der Waals surface area contributed by atoms with Crippen LogP contribution in [0.1, 0.15) is 0 Å². The first kappa shape index (κ1) is 25.6. The molecule has 212 valence electrons. The highest BCUT2D eigenvalue weighted by Gasteiger charge is 2.37. The van der Waals surface area contributed by atoms with Crippen molar-refractivity contribution in [3.05, 3.63) is 127 Å². The maximum Gasteiger partial charge on any atom is 0.194 e. The van der Waals surface area contributed by atoms with Gasteiger partial charge >= 0.3 is 0 Å². The zero-order valence-corrected chi connectivity index (χ0v) is 26.0. The van der Waals surface area contributed by atoms with E-state index in [-0.39, 0.29) is 0 Å². The summed E-state index contributed by atoms with van der Waals surface area (Å²) in [7, 11) is -1.97. The third-order valence-corrected chi connectivity index (χ3v) is 13.9. The van der Waals surface area contributed by atoms with Gasteiger partial charge in [-0.2, -0.15) is 0 Å². The fourth-order valence-electron chi connectivity index (χ4n) is 6.60. The van der Waals surface area contributed by atoms with E-state index in [0.717, 1.165) is 39.0 Å². The number of ether oxygens (including phenoxy) is 2. The topological polar surface area (TPSA) is 34.8 Å². The van der Waals surface area contributed by atoms with E-state index in [2.05, 4.69) is 96.9 Å². The number of furan rings is 1. The van der Waals surface area contributed by atoms with Crippen LogP contribution in [0.4, 0.5) is 17.1 Å². The fourth-order valence-corrected chi connectivity index (χ4v) is 12.1. The molecular weight excluding hydrogens is 579 g/mol. The number of anilines is 3. The third kappa shape index (κ3) is 3.78. The van der Waals surface area contributed by atoms with E-state index in [9.17, 15) is 0 Å². The lowest BCUT2D eigenvalue weighted by Gasteiger charge is -2.37. The molecule has 0 bridgehead atoms. The van der Waals surface area contributed by atoms with Gasteiger partial charge in [-0.1, -0.05) is 91.6 Å². The molecule has 0 atom stereocenters. The van der Waals surface area contributed by atoms with Crippen molar-refractivity contribution >= 4 is 69.2 Å². The summed E-state index contributed by atoms with van der Waals surface area (Å²) in [6.07, 6.45) is 0. The van der Waals surface area contributed by atoms with E-state index in [1.54, 1.807) is 0 Å². The van der Waals surface area contributed by atoms with Crippen molar-refractivity contribution in [2.45, 2.75) is 22.9 Å². The Labute approximate surface area is 260 Å². The molecule has 44 heavy (non-hydrogen) atoms. The first-order valence-corrected chi connectivity index (χ1v) is 18.6. The minimum absolute atomic E-state index is 0.686. The summed E-state index contributed by atoms with van der Waals surface area (Å²) < 4.78 is 19.4. The van der Waals surface area contributed by atoms with Crippen LogP contribution in [0, 0.1) is 0 Å². The van der Waals surface area contributed by atoms with E-state index < -0.39 is 8.07 Å². The summed E-state index contributed by atoms with van der Waals surface area (Å²) in [6.45, 7) is 4.91. The van der Waals surface area contributed by atoms with E-state index >= 15 is 0 Å². The highest BCUT2D eigenvalue weighted by atomic mass is 32.2. The molecule has 0 unspecified atom stereocenters. The number of rotatable bonds is 3. The SMILES string of the molecule is C[Si]1(C)c2ccccc2Sc2c(N(c3ccc4c(c3)oc3ccccc34)c3cccc4c3Oc3ccccc3O4)cccc21. The Kier molecular flexibility index (Phi) is 5.55. The predicted octanol–water partition coefficient (Wildman–Crippen LogP) is 10.2. The van der Waals surface area contributed by atoms with Crippen molar-refractivity contribution in [1.29, 1.82) is 0 Å². The maximum atomic E-state index is 6.62. The van der Waals surface area contributed by atoms with Crippen LogP contribution in [0.25, 0.3) is 21.9 Å². The van der Waals surface area contributed by atoms with Crippen LogP contribution in [0.2, 0.25) is 13.1 Å². The first-order chi connectivity index (χ1) is 21.6. The van der Waals surface area contributed by atoms with Gasteiger partial charge in [0.25, 0.3) is 0 Å². The standard InChI is InChI=1S/C38H27NO3SSi/c1-44(2)35-19-8-7-18-34(35)43-38-28(13-10-20-36(38)44)39(24-21-22-26-25-11-3-4-14-29(25)40-33(26)23-24)27-12-9-17-32-37(27)42-31-16-6-5-15-30(31)41-32/h3-23H,1-2H3. The largest absolute Gasteiger partial charge is 0.456 e. The van der Waals surface area contributed by atoms with Gasteiger partial charge in [-0.25, -0.2) is 0 Å². The Morgan fingerprint density at radius 2 is 1.25 bits per heavy atom. The Morgan fingerprint density at radius 3 is 2.16 bits per heavy atom. The molecule has 0 spiro atoms. The Morgan fingerprint density at radius 1 is 0.568 bits per heavy atom. The monoisotopic (exact) mass is 605 g/mol. The van der Waals surface area contributed by atoms with E-state index in [1.807, 2.05) is 60.3 Å². The Hall–Kier alpha value is -4.91. The van der Waals surface area contributed by atoms with Crippen LogP contribution in [0.3, 0.4) is 0 Å². The van der Waals surface area contributed by atoms with Crippen molar-refractivity contribution in [2.24, 2.45) is 0 Å². The molecule has 9 rings (SSSR count). The number of nitrogens with zero attached hydrogens (tertiary/aromatic N) is 1. The fraction of sp³-hybridized carbons (Fsp3) is 0.0526. The van der Waals surface area contributed by atoms with Crippen molar-refractivity contribution in [3.63, 3.8) is 0 Å². The van der Waals surface area contributed by atoms with Gasteiger partial charge in [0.05, 0.1) is 17.1 Å². The number of hydrogen-bond acceptors (Lipinski definition) is 5. The molecule has 0 fully saturated rings. The van der Waals surface area contributed by atoms with Crippen LogP contribution in [-0.2, 0) is 0 Å². The smallest absolute Gasteiger partial charge is 0.194 e. The number of hydrogen-bond donors (Lipinski definition) is 0. The molecule has 0 N–H and O–H groups in total. The zero-order chi connectivity index (χ0) is 29.4. The predicted molar refractivity (Wildman–Crippen MR) is 182 cm³/mol. The van der Waals surface area contributed by atoms with Crippen molar-refractivity contribution < 1.29 is 13.9 Å². The summed E-state index contributed by atoms with van der Waals surface area (Å²) in [5.41, 5.74) is 4.72. The van der Waals surface area contributed by atoms with Gasteiger partial charge in [0.15, 0.2) is 23.0 Å². The second-order valence-electron chi connectivity index (χ2n) is 11.7. The van der Waals surface area contributed by atoms with Gasteiger partial charge in [-0.3, -0.25) is 0 Å². The molecule has 4 nitrogen and oxygen atoms in total. The molecule has 0 aliphatic carbocycles. The highest BCUT2D eigenvalue weighted by Crippen LogP contribution is 2.54. The summed E-state index contributed by atoms with van der Waals surface area (Å²) in [5.74, 6) is 2.79. The second kappa shape index (κ2) is 9.54. The third-order valence-electron chi connectivity index (χ3n) is 8.78. The minimum atomic E-state index is -1.97. The molecule has 0 saturated heterocycles. The minimum Gasteiger partial charge on any atom is -0.456 e. The van der Waals surface area contributed by atoms with E-state index in [0.29, 0.717) is 23.0 Å².